The third-order valence-electron chi connectivity index (χ3n) is 1.28. The maximum absolute atomic E-state index is 4.27. The fraction of sp³-hybridized carbons (Fsp3) is 0.429. The molecule has 54 valence electrons. The molecule has 0 spiro atoms. The number of hydrogen-bond acceptors (Lipinski definition) is 3. The molecule has 0 atom stereocenters. The smallest absolute Gasteiger partial charge is 0.134 e. The minimum atomic E-state index is 0.998. The summed E-state index contributed by atoms with van der Waals surface area (Å²) in [6.07, 6.45) is 1.78. The minimum Gasteiger partial charge on any atom is -0.293 e. The summed E-state index contributed by atoms with van der Waals surface area (Å²) in [5.74, 6) is 0. The van der Waals surface area contributed by atoms with Crippen molar-refractivity contribution in [3.63, 3.8) is 0 Å². The van der Waals surface area contributed by atoms with E-state index in [-0.39, 0.29) is 0 Å². The van der Waals surface area contributed by atoms with Crippen LogP contribution in [-0.2, 0) is 0 Å². The number of nitrogens with zero attached hydrogens (tertiary/aromatic N) is 2. The summed E-state index contributed by atoms with van der Waals surface area (Å²) in [4.78, 5) is 9.43. The van der Waals surface area contributed by atoms with Crippen molar-refractivity contribution in [1.29, 1.82) is 0 Å². The second-order valence-electron chi connectivity index (χ2n) is 2.08. The van der Waals surface area contributed by atoms with Crippen molar-refractivity contribution in [3.8, 4) is 0 Å². The summed E-state index contributed by atoms with van der Waals surface area (Å²) >= 11 is 1.68. The van der Waals surface area contributed by atoms with E-state index in [2.05, 4.69) is 16.9 Å². The molecule has 0 unspecified atom stereocenters. The zero-order valence-electron chi connectivity index (χ0n) is 6.38. The van der Waals surface area contributed by atoms with Crippen molar-refractivity contribution in [1.82, 2.24) is 4.98 Å². The Bertz CT molecular complexity index is 231. The SMILES string of the molecule is CN=Cc1nc(C)c(C)s1. The quantitative estimate of drug-likeness (QED) is 0.566. The van der Waals surface area contributed by atoms with Crippen molar-refractivity contribution < 1.29 is 0 Å². The van der Waals surface area contributed by atoms with E-state index in [0.717, 1.165) is 10.7 Å². The molecule has 1 aromatic rings. The summed E-state index contributed by atoms with van der Waals surface area (Å²) in [5.41, 5.74) is 1.11. The van der Waals surface area contributed by atoms with Gasteiger partial charge in [-0.3, -0.25) is 4.99 Å². The molecule has 0 N–H and O–H groups in total. The lowest BCUT2D eigenvalue weighted by Gasteiger charge is -1.77. The number of aliphatic imine (C=N–C) groups is 1. The minimum absolute atomic E-state index is 0.998. The molecule has 0 aromatic carbocycles. The first kappa shape index (κ1) is 7.41. The van der Waals surface area contributed by atoms with Crippen LogP contribution in [0.15, 0.2) is 4.99 Å². The average molecular weight is 154 g/mol. The van der Waals surface area contributed by atoms with E-state index in [1.54, 1.807) is 24.6 Å². The lowest BCUT2D eigenvalue weighted by molar-refractivity contribution is 1.22. The van der Waals surface area contributed by atoms with E-state index in [4.69, 9.17) is 0 Å². The third-order valence-corrected chi connectivity index (χ3v) is 2.29. The molecular weight excluding hydrogens is 144 g/mol. The third kappa shape index (κ3) is 1.42. The summed E-state index contributed by atoms with van der Waals surface area (Å²) in [6.45, 7) is 4.08. The van der Waals surface area contributed by atoms with Gasteiger partial charge >= 0.3 is 0 Å². The summed E-state index contributed by atoms with van der Waals surface area (Å²) in [7, 11) is 1.76. The van der Waals surface area contributed by atoms with Crippen LogP contribution >= 0.6 is 11.3 Å². The number of hydrogen-bond donors (Lipinski definition) is 0. The lowest BCUT2D eigenvalue weighted by atomic mass is 10.4. The molecule has 0 aliphatic heterocycles. The van der Waals surface area contributed by atoms with Crippen LogP contribution in [0, 0.1) is 13.8 Å². The summed E-state index contributed by atoms with van der Waals surface area (Å²) < 4.78 is 0. The van der Waals surface area contributed by atoms with Crippen molar-refractivity contribution in [3.05, 3.63) is 15.6 Å². The zero-order chi connectivity index (χ0) is 7.56. The van der Waals surface area contributed by atoms with Crippen molar-refractivity contribution in [2.24, 2.45) is 4.99 Å². The van der Waals surface area contributed by atoms with Crippen LogP contribution < -0.4 is 0 Å². The van der Waals surface area contributed by atoms with Gasteiger partial charge in [0, 0.05) is 11.9 Å². The van der Waals surface area contributed by atoms with Gasteiger partial charge in [0.15, 0.2) is 0 Å². The van der Waals surface area contributed by atoms with E-state index < -0.39 is 0 Å². The summed E-state index contributed by atoms with van der Waals surface area (Å²) in [6, 6.07) is 0. The Morgan fingerprint density at radius 2 is 2.20 bits per heavy atom. The van der Waals surface area contributed by atoms with E-state index in [1.165, 1.54) is 4.88 Å². The number of aryl methyl sites for hydroxylation is 2. The molecule has 0 saturated heterocycles. The Morgan fingerprint density at radius 3 is 2.60 bits per heavy atom. The normalized spacial score (nSPS) is 11.1. The lowest BCUT2D eigenvalue weighted by Crippen LogP contribution is -1.77. The first-order chi connectivity index (χ1) is 4.74. The molecule has 0 aliphatic rings. The van der Waals surface area contributed by atoms with Crippen molar-refractivity contribution in [2.75, 3.05) is 7.05 Å². The highest BCUT2D eigenvalue weighted by Gasteiger charge is 1.98. The van der Waals surface area contributed by atoms with Gasteiger partial charge in [0.25, 0.3) is 0 Å². The molecule has 10 heavy (non-hydrogen) atoms. The van der Waals surface area contributed by atoms with Gasteiger partial charge in [-0.1, -0.05) is 0 Å². The molecule has 2 nitrogen and oxygen atoms in total. The Hall–Kier alpha value is -0.700. The van der Waals surface area contributed by atoms with E-state index in [9.17, 15) is 0 Å². The predicted molar refractivity (Wildman–Crippen MR) is 45.1 cm³/mol. The van der Waals surface area contributed by atoms with Gasteiger partial charge in [-0.2, -0.15) is 0 Å². The molecule has 0 fully saturated rings. The molecule has 3 heteroatoms. The van der Waals surface area contributed by atoms with Gasteiger partial charge in [0.2, 0.25) is 0 Å². The van der Waals surface area contributed by atoms with Crippen LogP contribution in [-0.4, -0.2) is 18.2 Å². The van der Waals surface area contributed by atoms with Crippen LogP contribution in [0.4, 0.5) is 0 Å². The van der Waals surface area contributed by atoms with Gasteiger partial charge < -0.3 is 0 Å². The van der Waals surface area contributed by atoms with Crippen molar-refractivity contribution >= 4 is 17.6 Å². The molecule has 0 aliphatic carbocycles. The first-order valence-corrected chi connectivity index (χ1v) is 3.92. The molecular formula is C7H10N2S. The van der Waals surface area contributed by atoms with E-state index in [1.807, 2.05) is 6.92 Å². The topological polar surface area (TPSA) is 25.2 Å². The highest BCUT2D eigenvalue weighted by molar-refractivity contribution is 7.13. The fourth-order valence-electron chi connectivity index (χ4n) is 0.663. The summed E-state index contributed by atoms with van der Waals surface area (Å²) in [5, 5.41) is 0.998. The standard InChI is InChI=1S/C7H10N2S/c1-5-6(2)10-7(9-5)4-8-3/h4H,1-3H3. The molecule has 1 heterocycles. The highest BCUT2D eigenvalue weighted by Crippen LogP contribution is 2.14. The maximum Gasteiger partial charge on any atom is 0.134 e. The van der Waals surface area contributed by atoms with E-state index in [0.29, 0.717) is 0 Å². The molecule has 1 aromatic heterocycles. The van der Waals surface area contributed by atoms with Crippen molar-refractivity contribution in [2.45, 2.75) is 13.8 Å². The van der Waals surface area contributed by atoms with Crippen LogP contribution in [0.1, 0.15) is 15.6 Å². The largest absolute Gasteiger partial charge is 0.293 e. The molecule has 0 saturated carbocycles. The van der Waals surface area contributed by atoms with Crippen LogP contribution in [0.5, 0.6) is 0 Å². The predicted octanol–water partition coefficient (Wildman–Crippen LogP) is 1.81. The highest BCUT2D eigenvalue weighted by atomic mass is 32.1. The second-order valence-corrected chi connectivity index (χ2v) is 3.32. The molecule has 0 radical (unpaired) electrons. The maximum atomic E-state index is 4.27. The number of aromatic nitrogens is 1. The fourth-order valence-corrected chi connectivity index (χ4v) is 1.51. The Kier molecular flexibility index (Phi) is 2.17. The second kappa shape index (κ2) is 2.92. The Labute approximate surface area is 64.6 Å². The molecule has 1 rings (SSSR count). The first-order valence-electron chi connectivity index (χ1n) is 3.10. The monoisotopic (exact) mass is 154 g/mol. The van der Waals surface area contributed by atoms with E-state index >= 15 is 0 Å². The van der Waals surface area contributed by atoms with Crippen LogP contribution in [0.3, 0.4) is 0 Å². The van der Waals surface area contributed by atoms with Gasteiger partial charge in [0.05, 0.1) is 11.9 Å². The van der Waals surface area contributed by atoms with Gasteiger partial charge in [-0.15, -0.1) is 11.3 Å². The number of rotatable bonds is 1. The Balaban J connectivity index is 2.98. The van der Waals surface area contributed by atoms with Crippen LogP contribution in [0.2, 0.25) is 0 Å². The van der Waals surface area contributed by atoms with Crippen LogP contribution in [0.25, 0.3) is 0 Å². The zero-order valence-corrected chi connectivity index (χ0v) is 7.20. The Morgan fingerprint density at radius 1 is 1.50 bits per heavy atom. The number of thiazole rings is 1. The van der Waals surface area contributed by atoms with Gasteiger partial charge in [-0.25, -0.2) is 4.98 Å². The van der Waals surface area contributed by atoms with Gasteiger partial charge in [0.1, 0.15) is 5.01 Å². The average Bonchev–Trinajstić information content (AvgIpc) is 2.14. The van der Waals surface area contributed by atoms with Gasteiger partial charge in [-0.05, 0) is 13.8 Å². The molecule has 0 bridgehead atoms. The molecule has 0 amide bonds.